The molecule has 1 aliphatic rings. The Balaban J connectivity index is 1.64. The number of amides is 3. The van der Waals surface area contributed by atoms with Crippen LogP contribution in [0.4, 0.5) is 4.79 Å². The maximum atomic E-state index is 12.1. The zero-order valence-electron chi connectivity index (χ0n) is 13.2. The summed E-state index contributed by atoms with van der Waals surface area (Å²) in [6.07, 6.45) is 5.87. The molecule has 1 aliphatic heterocycles. The van der Waals surface area contributed by atoms with Gasteiger partial charge in [-0.05, 0) is 38.5 Å². The molecule has 2 aromatic heterocycles. The number of hydrogen-bond acceptors (Lipinski definition) is 4. The molecule has 3 amide bonds. The highest BCUT2D eigenvalue weighted by molar-refractivity contribution is 6.06. The smallest absolute Gasteiger partial charge is 0.324 e. The number of carbonyl (C=O) groups is 2. The number of aromatic nitrogens is 3. The second kappa shape index (κ2) is 5.83. The van der Waals surface area contributed by atoms with E-state index in [4.69, 9.17) is 0 Å². The zero-order valence-corrected chi connectivity index (χ0v) is 13.2. The molecular formula is C16H19N5O2. The van der Waals surface area contributed by atoms with Gasteiger partial charge in [-0.25, -0.2) is 4.79 Å². The van der Waals surface area contributed by atoms with Gasteiger partial charge in [-0.1, -0.05) is 0 Å². The fraction of sp³-hybridized carbons (Fsp3) is 0.375. The molecule has 0 aromatic carbocycles. The number of pyridine rings is 1. The Morgan fingerprint density at radius 1 is 1.09 bits per heavy atom. The molecule has 23 heavy (non-hydrogen) atoms. The van der Waals surface area contributed by atoms with Crippen LogP contribution < -0.4 is 5.32 Å². The third-order valence-corrected chi connectivity index (χ3v) is 3.89. The van der Waals surface area contributed by atoms with Gasteiger partial charge in [0.25, 0.3) is 5.91 Å². The first-order valence-corrected chi connectivity index (χ1v) is 7.55. The number of carbonyl (C=O) groups excluding carboxylic acids is 2. The van der Waals surface area contributed by atoms with Crippen LogP contribution in [0.3, 0.4) is 0 Å². The van der Waals surface area contributed by atoms with Crippen molar-refractivity contribution < 1.29 is 9.59 Å². The van der Waals surface area contributed by atoms with Gasteiger partial charge in [0.1, 0.15) is 5.54 Å². The van der Waals surface area contributed by atoms with E-state index in [1.807, 2.05) is 22.9 Å². The maximum Gasteiger partial charge on any atom is 0.325 e. The van der Waals surface area contributed by atoms with E-state index in [9.17, 15) is 9.59 Å². The number of rotatable bonds is 5. The van der Waals surface area contributed by atoms with Gasteiger partial charge in [0, 0.05) is 37.2 Å². The Hall–Kier alpha value is -2.70. The maximum absolute atomic E-state index is 12.1. The van der Waals surface area contributed by atoms with Gasteiger partial charge < -0.3 is 5.32 Å². The third-order valence-electron chi connectivity index (χ3n) is 3.89. The topological polar surface area (TPSA) is 80.1 Å². The van der Waals surface area contributed by atoms with Crippen LogP contribution in [-0.4, -0.2) is 43.7 Å². The van der Waals surface area contributed by atoms with E-state index < -0.39 is 5.54 Å². The molecule has 120 valence electrons. The minimum atomic E-state index is -0.815. The molecule has 3 rings (SSSR count). The highest BCUT2D eigenvalue weighted by Crippen LogP contribution is 2.19. The lowest BCUT2D eigenvalue weighted by atomic mass is 10.1. The van der Waals surface area contributed by atoms with Crippen molar-refractivity contribution in [2.24, 2.45) is 0 Å². The number of imide groups is 1. The van der Waals surface area contributed by atoms with Gasteiger partial charge in [0.2, 0.25) is 0 Å². The van der Waals surface area contributed by atoms with Crippen molar-refractivity contribution in [2.45, 2.75) is 32.4 Å². The predicted octanol–water partition coefficient (Wildman–Crippen LogP) is 1.67. The molecule has 0 aliphatic carbocycles. The summed E-state index contributed by atoms with van der Waals surface area (Å²) in [6.45, 7) is 4.43. The monoisotopic (exact) mass is 313 g/mol. The lowest BCUT2D eigenvalue weighted by molar-refractivity contribution is -0.130. The van der Waals surface area contributed by atoms with E-state index in [1.165, 1.54) is 4.90 Å². The standard InChI is InChI=1S/C16H19N5O2/c1-16(2)14(22)20(15(23)19-16)10-3-11-21-13(6-9-18-21)12-4-7-17-8-5-12/h4-9H,3,10-11H2,1-2H3,(H,19,23). The van der Waals surface area contributed by atoms with Gasteiger partial charge in [-0.3, -0.25) is 19.4 Å². The quantitative estimate of drug-likeness (QED) is 0.851. The van der Waals surface area contributed by atoms with Gasteiger partial charge in [-0.2, -0.15) is 5.10 Å². The number of aryl methyl sites for hydroxylation is 1. The van der Waals surface area contributed by atoms with Gasteiger partial charge in [0.15, 0.2) is 0 Å². The van der Waals surface area contributed by atoms with Crippen molar-refractivity contribution in [3.8, 4) is 11.3 Å². The Labute approximate surface area is 134 Å². The van der Waals surface area contributed by atoms with Crippen molar-refractivity contribution >= 4 is 11.9 Å². The average molecular weight is 313 g/mol. The lowest BCUT2D eigenvalue weighted by Gasteiger charge is -2.16. The highest BCUT2D eigenvalue weighted by Gasteiger charge is 2.43. The Morgan fingerprint density at radius 2 is 1.83 bits per heavy atom. The second-order valence-electron chi connectivity index (χ2n) is 6.04. The van der Waals surface area contributed by atoms with Crippen LogP contribution in [0.5, 0.6) is 0 Å². The van der Waals surface area contributed by atoms with E-state index in [0.717, 1.165) is 11.3 Å². The molecule has 0 atom stereocenters. The minimum Gasteiger partial charge on any atom is -0.324 e. The highest BCUT2D eigenvalue weighted by atomic mass is 16.2. The van der Waals surface area contributed by atoms with Gasteiger partial charge in [0.05, 0.1) is 5.69 Å². The number of nitrogens with one attached hydrogen (secondary N) is 1. The van der Waals surface area contributed by atoms with Crippen LogP contribution >= 0.6 is 0 Å². The first-order valence-electron chi connectivity index (χ1n) is 7.55. The molecule has 0 bridgehead atoms. The number of hydrogen-bond donors (Lipinski definition) is 1. The van der Waals surface area contributed by atoms with Crippen molar-refractivity contribution in [3.63, 3.8) is 0 Å². The Kier molecular flexibility index (Phi) is 3.85. The fourth-order valence-corrected chi connectivity index (χ4v) is 2.68. The summed E-state index contributed by atoms with van der Waals surface area (Å²) in [6, 6.07) is 5.46. The summed E-state index contributed by atoms with van der Waals surface area (Å²) in [4.78, 5) is 29.3. The number of urea groups is 1. The Bertz CT molecular complexity index is 723. The summed E-state index contributed by atoms with van der Waals surface area (Å²) in [5.74, 6) is -0.183. The summed E-state index contributed by atoms with van der Waals surface area (Å²) < 4.78 is 1.87. The fourth-order valence-electron chi connectivity index (χ4n) is 2.68. The molecular weight excluding hydrogens is 294 g/mol. The predicted molar refractivity (Wildman–Crippen MR) is 84.4 cm³/mol. The average Bonchev–Trinajstić information content (AvgIpc) is 3.06. The molecule has 0 radical (unpaired) electrons. The zero-order chi connectivity index (χ0) is 16.4. The van der Waals surface area contributed by atoms with Crippen molar-refractivity contribution in [1.82, 2.24) is 25.0 Å². The van der Waals surface area contributed by atoms with E-state index in [0.29, 0.717) is 19.5 Å². The first-order chi connectivity index (χ1) is 11.0. The molecule has 7 heteroatoms. The van der Waals surface area contributed by atoms with E-state index in [-0.39, 0.29) is 11.9 Å². The molecule has 1 N–H and O–H groups in total. The van der Waals surface area contributed by atoms with Crippen molar-refractivity contribution in [1.29, 1.82) is 0 Å². The summed E-state index contributed by atoms with van der Waals surface area (Å²) >= 11 is 0. The SMILES string of the molecule is CC1(C)NC(=O)N(CCCn2nccc2-c2ccncc2)C1=O. The summed E-state index contributed by atoms with van der Waals surface area (Å²) in [7, 11) is 0. The second-order valence-corrected chi connectivity index (χ2v) is 6.04. The van der Waals surface area contributed by atoms with Crippen molar-refractivity contribution in [3.05, 3.63) is 36.8 Å². The van der Waals surface area contributed by atoms with Crippen LogP contribution in [0.15, 0.2) is 36.8 Å². The van der Waals surface area contributed by atoms with Crippen LogP contribution in [0, 0.1) is 0 Å². The minimum absolute atomic E-state index is 0.183. The summed E-state index contributed by atoms with van der Waals surface area (Å²) in [5, 5.41) is 7.00. The van der Waals surface area contributed by atoms with Crippen LogP contribution in [0.1, 0.15) is 20.3 Å². The third kappa shape index (κ3) is 2.94. The molecule has 0 saturated carbocycles. The van der Waals surface area contributed by atoms with Crippen molar-refractivity contribution in [2.75, 3.05) is 6.54 Å². The van der Waals surface area contributed by atoms with Crippen LogP contribution in [-0.2, 0) is 11.3 Å². The summed E-state index contributed by atoms with van der Waals surface area (Å²) in [5.41, 5.74) is 1.21. The largest absolute Gasteiger partial charge is 0.325 e. The normalized spacial score (nSPS) is 16.7. The Morgan fingerprint density at radius 3 is 2.48 bits per heavy atom. The first kappa shape index (κ1) is 15.2. The van der Waals surface area contributed by atoms with Gasteiger partial charge in [-0.15, -0.1) is 0 Å². The molecule has 3 heterocycles. The van der Waals surface area contributed by atoms with E-state index in [2.05, 4.69) is 15.4 Å². The molecule has 1 fully saturated rings. The van der Waals surface area contributed by atoms with Gasteiger partial charge >= 0.3 is 6.03 Å². The number of nitrogens with zero attached hydrogens (tertiary/aromatic N) is 4. The molecule has 7 nitrogen and oxygen atoms in total. The van der Waals surface area contributed by atoms with Crippen LogP contribution in [0.25, 0.3) is 11.3 Å². The molecule has 0 spiro atoms. The molecule has 2 aromatic rings. The lowest BCUT2D eigenvalue weighted by Crippen LogP contribution is -2.40. The molecule has 1 saturated heterocycles. The van der Waals surface area contributed by atoms with Crippen LogP contribution in [0.2, 0.25) is 0 Å². The van der Waals surface area contributed by atoms with E-state index in [1.54, 1.807) is 32.4 Å². The van der Waals surface area contributed by atoms with E-state index >= 15 is 0 Å². The molecule has 0 unspecified atom stereocenters.